The van der Waals surface area contributed by atoms with Crippen LogP contribution in [0.1, 0.15) is 24.2 Å². The summed E-state index contributed by atoms with van der Waals surface area (Å²) in [5.74, 6) is 1.55. The molecule has 1 fully saturated rings. The van der Waals surface area contributed by atoms with Gasteiger partial charge in [-0.15, -0.1) is 0 Å². The standard InChI is InChI=1S/C20H23N5O/c1-14-11-15(2)25(23-14)17-6-3-5-16(12-17)20-21-9-8-19(22-20)24-10-4-7-18(26)13-24/h3,5-6,8-9,11-12,18,26H,4,7,10,13H2,1-2H3. The molecule has 1 N–H and O–H groups in total. The van der Waals surface area contributed by atoms with Gasteiger partial charge in [0.25, 0.3) is 0 Å². The number of hydrogen-bond donors (Lipinski definition) is 1. The van der Waals surface area contributed by atoms with Crippen LogP contribution in [0.3, 0.4) is 0 Å². The van der Waals surface area contributed by atoms with Crippen molar-refractivity contribution < 1.29 is 5.11 Å². The van der Waals surface area contributed by atoms with Crippen molar-refractivity contribution in [2.24, 2.45) is 0 Å². The normalized spacial score (nSPS) is 17.5. The average molecular weight is 349 g/mol. The molecule has 1 aliphatic rings. The van der Waals surface area contributed by atoms with Gasteiger partial charge in [0.2, 0.25) is 0 Å². The summed E-state index contributed by atoms with van der Waals surface area (Å²) in [6, 6.07) is 12.1. The number of aryl methyl sites for hydroxylation is 2. The molecule has 1 atom stereocenters. The number of hydrogen-bond acceptors (Lipinski definition) is 5. The summed E-state index contributed by atoms with van der Waals surface area (Å²) in [7, 11) is 0. The Balaban J connectivity index is 1.67. The number of piperidine rings is 1. The first-order valence-electron chi connectivity index (χ1n) is 9.00. The molecule has 134 valence electrons. The number of aliphatic hydroxyl groups excluding tert-OH is 1. The molecule has 0 saturated carbocycles. The number of rotatable bonds is 3. The van der Waals surface area contributed by atoms with Crippen molar-refractivity contribution in [1.82, 2.24) is 19.7 Å². The van der Waals surface area contributed by atoms with Gasteiger partial charge in [0, 0.05) is 30.5 Å². The SMILES string of the molecule is Cc1cc(C)n(-c2cccc(-c3nccc(N4CCCC(O)C4)n3)c2)n1. The zero-order valence-corrected chi connectivity index (χ0v) is 15.1. The molecule has 1 unspecified atom stereocenters. The molecule has 6 heteroatoms. The third kappa shape index (κ3) is 3.32. The van der Waals surface area contributed by atoms with Crippen LogP contribution in [0.25, 0.3) is 17.1 Å². The van der Waals surface area contributed by atoms with Crippen LogP contribution >= 0.6 is 0 Å². The van der Waals surface area contributed by atoms with E-state index in [9.17, 15) is 5.11 Å². The van der Waals surface area contributed by atoms with Gasteiger partial charge in [0.15, 0.2) is 5.82 Å². The third-order valence-corrected chi connectivity index (χ3v) is 4.72. The van der Waals surface area contributed by atoms with Gasteiger partial charge in [-0.1, -0.05) is 12.1 Å². The Kier molecular flexibility index (Phi) is 4.42. The molecule has 1 aliphatic heterocycles. The highest BCUT2D eigenvalue weighted by atomic mass is 16.3. The van der Waals surface area contributed by atoms with Gasteiger partial charge in [0.05, 0.1) is 17.5 Å². The molecule has 6 nitrogen and oxygen atoms in total. The quantitative estimate of drug-likeness (QED) is 0.787. The van der Waals surface area contributed by atoms with Crippen LogP contribution < -0.4 is 4.90 Å². The molecule has 0 amide bonds. The van der Waals surface area contributed by atoms with Gasteiger partial charge in [-0.05, 0) is 51.0 Å². The summed E-state index contributed by atoms with van der Waals surface area (Å²) in [5.41, 5.74) is 4.04. The molecule has 26 heavy (non-hydrogen) atoms. The zero-order valence-electron chi connectivity index (χ0n) is 15.1. The Morgan fingerprint density at radius 3 is 2.81 bits per heavy atom. The maximum Gasteiger partial charge on any atom is 0.161 e. The second kappa shape index (κ2) is 6.88. The highest BCUT2D eigenvalue weighted by molar-refractivity contribution is 5.60. The van der Waals surface area contributed by atoms with Crippen LogP contribution in [0.15, 0.2) is 42.6 Å². The Bertz CT molecular complexity index is 920. The van der Waals surface area contributed by atoms with E-state index in [1.54, 1.807) is 6.20 Å². The van der Waals surface area contributed by atoms with E-state index < -0.39 is 0 Å². The van der Waals surface area contributed by atoms with E-state index in [4.69, 9.17) is 4.98 Å². The number of benzene rings is 1. The van der Waals surface area contributed by atoms with Gasteiger partial charge in [-0.2, -0.15) is 5.10 Å². The van der Waals surface area contributed by atoms with E-state index in [2.05, 4.69) is 27.1 Å². The molecule has 0 aliphatic carbocycles. The van der Waals surface area contributed by atoms with Crippen LogP contribution in [-0.2, 0) is 0 Å². The Hall–Kier alpha value is -2.73. The van der Waals surface area contributed by atoms with Crippen LogP contribution in [0.4, 0.5) is 5.82 Å². The van der Waals surface area contributed by atoms with E-state index in [0.717, 1.165) is 47.8 Å². The summed E-state index contributed by atoms with van der Waals surface area (Å²) in [6.45, 7) is 5.58. The van der Waals surface area contributed by atoms with E-state index in [-0.39, 0.29) is 6.10 Å². The number of aliphatic hydroxyl groups is 1. The first kappa shape index (κ1) is 16.7. The highest BCUT2D eigenvalue weighted by Crippen LogP contribution is 2.23. The van der Waals surface area contributed by atoms with Crippen molar-refractivity contribution in [2.45, 2.75) is 32.8 Å². The minimum Gasteiger partial charge on any atom is -0.391 e. The van der Waals surface area contributed by atoms with Gasteiger partial charge < -0.3 is 10.0 Å². The summed E-state index contributed by atoms with van der Waals surface area (Å²) in [6.07, 6.45) is 3.35. The van der Waals surface area contributed by atoms with Gasteiger partial charge in [-0.3, -0.25) is 0 Å². The summed E-state index contributed by atoms with van der Waals surface area (Å²) < 4.78 is 1.93. The second-order valence-electron chi connectivity index (χ2n) is 6.87. The molecule has 2 aromatic heterocycles. The number of aromatic nitrogens is 4. The average Bonchev–Trinajstić information content (AvgIpc) is 3.00. The Morgan fingerprint density at radius 2 is 2.04 bits per heavy atom. The lowest BCUT2D eigenvalue weighted by molar-refractivity contribution is 0.154. The predicted molar refractivity (Wildman–Crippen MR) is 102 cm³/mol. The van der Waals surface area contributed by atoms with Gasteiger partial charge in [-0.25, -0.2) is 14.6 Å². The molecular weight excluding hydrogens is 326 g/mol. The smallest absolute Gasteiger partial charge is 0.161 e. The maximum atomic E-state index is 9.92. The van der Waals surface area contributed by atoms with Crippen molar-refractivity contribution in [2.75, 3.05) is 18.0 Å². The van der Waals surface area contributed by atoms with E-state index in [0.29, 0.717) is 12.4 Å². The van der Waals surface area contributed by atoms with Crippen LogP contribution in [0, 0.1) is 13.8 Å². The lowest BCUT2D eigenvalue weighted by Crippen LogP contribution is -2.38. The molecule has 3 heterocycles. The predicted octanol–water partition coefficient (Wildman–Crippen LogP) is 2.91. The van der Waals surface area contributed by atoms with Crippen molar-refractivity contribution >= 4 is 5.82 Å². The molecule has 1 aromatic carbocycles. The number of β-amino-alcohol motifs (C(OH)–C–C–N with tert-alkyl or cyclic N) is 1. The van der Waals surface area contributed by atoms with Crippen molar-refractivity contribution in [3.05, 3.63) is 54.0 Å². The molecule has 4 rings (SSSR count). The number of nitrogens with zero attached hydrogens (tertiary/aromatic N) is 5. The lowest BCUT2D eigenvalue weighted by Gasteiger charge is -2.31. The summed E-state index contributed by atoms with van der Waals surface area (Å²) >= 11 is 0. The first-order chi connectivity index (χ1) is 12.6. The molecule has 1 saturated heterocycles. The van der Waals surface area contributed by atoms with Crippen molar-refractivity contribution in [3.63, 3.8) is 0 Å². The van der Waals surface area contributed by atoms with E-state index in [1.165, 1.54) is 0 Å². The van der Waals surface area contributed by atoms with E-state index in [1.807, 2.05) is 42.8 Å². The molecule has 0 radical (unpaired) electrons. The first-order valence-corrected chi connectivity index (χ1v) is 9.00. The molecular formula is C20H23N5O. The van der Waals surface area contributed by atoms with E-state index >= 15 is 0 Å². The monoisotopic (exact) mass is 349 g/mol. The van der Waals surface area contributed by atoms with Crippen LogP contribution in [-0.4, -0.2) is 44.0 Å². The molecule has 3 aromatic rings. The number of anilines is 1. The lowest BCUT2D eigenvalue weighted by atomic mass is 10.1. The Morgan fingerprint density at radius 1 is 1.15 bits per heavy atom. The van der Waals surface area contributed by atoms with Gasteiger partial charge in [0.1, 0.15) is 5.82 Å². The van der Waals surface area contributed by atoms with Gasteiger partial charge >= 0.3 is 0 Å². The minimum atomic E-state index is -0.281. The van der Waals surface area contributed by atoms with Crippen molar-refractivity contribution in [1.29, 1.82) is 0 Å². The van der Waals surface area contributed by atoms with Crippen LogP contribution in [0.2, 0.25) is 0 Å². The van der Waals surface area contributed by atoms with Crippen molar-refractivity contribution in [3.8, 4) is 17.1 Å². The fraction of sp³-hybridized carbons (Fsp3) is 0.350. The third-order valence-electron chi connectivity index (χ3n) is 4.72. The summed E-state index contributed by atoms with van der Waals surface area (Å²) in [4.78, 5) is 11.3. The van der Waals surface area contributed by atoms with Crippen LogP contribution in [0.5, 0.6) is 0 Å². The fourth-order valence-electron chi connectivity index (χ4n) is 3.49. The second-order valence-corrected chi connectivity index (χ2v) is 6.87. The highest BCUT2D eigenvalue weighted by Gasteiger charge is 2.19. The fourth-order valence-corrected chi connectivity index (χ4v) is 3.49. The molecule has 0 spiro atoms. The largest absolute Gasteiger partial charge is 0.391 e. The maximum absolute atomic E-state index is 9.92. The Labute approximate surface area is 153 Å². The topological polar surface area (TPSA) is 67.1 Å². The summed E-state index contributed by atoms with van der Waals surface area (Å²) in [5, 5.41) is 14.5. The minimum absolute atomic E-state index is 0.281. The zero-order chi connectivity index (χ0) is 18.1. The molecule has 0 bridgehead atoms.